The molecule has 0 aromatic carbocycles. The zero-order valence-corrected chi connectivity index (χ0v) is 20.4. The molecular weight excluding hydrogens is 396 g/mol. The first-order valence-corrected chi connectivity index (χ1v) is 11.9. The van der Waals surface area contributed by atoms with E-state index in [1.54, 1.807) is 11.8 Å². The van der Waals surface area contributed by atoms with Gasteiger partial charge in [0.1, 0.15) is 0 Å². The maximum atomic E-state index is 9.35. The SMILES string of the molecule is C#CC(N)=O.C#CC(N)=O.CCCCCCCCCC#CC#CCCCCCCCCC. The fourth-order valence-corrected chi connectivity index (χ4v) is 2.55. The van der Waals surface area contributed by atoms with E-state index in [0.29, 0.717) is 0 Å². The summed E-state index contributed by atoms with van der Waals surface area (Å²) in [7, 11) is 0. The van der Waals surface area contributed by atoms with Crippen LogP contribution in [0.4, 0.5) is 0 Å². The molecule has 0 saturated heterocycles. The summed E-state index contributed by atoms with van der Waals surface area (Å²) in [5.74, 6) is 14.3. The van der Waals surface area contributed by atoms with Crippen LogP contribution in [-0.4, -0.2) is 11.8 Å². The molecule has 0 aliphatic carbocycles. The van der Waals surface area contributed by atoms with Gasteiger partial charge in [-0.3, -0.25) is 9.59 Å². The molecule has 0 atom stereocenters. The number of hydrogen-bond donors (Lipinski definition) is 2. The third kappa shape index (κ3) is 45.7. The van der Waals surface area contributed by atoms with E-state index in [1.165, 1.54) is 89.9 Å². The first kappa shape index (κ1) is 33.8. The van der Waals surface area contributed by atoms with Gasteiger partial charge in [0, 0.05) is 12.8 Å². The second kappa shape index (κ2) is 32.8. The zero-order valence-electron chi connectivity index (χ0n) is 20.4. The van der Waals surface area contributed by atoms with Gasteiger partial charge in [-0.15, -0.1) is 12.8 Å². The Labute approximate surface area is 198 Å². The Hall–Kier alpha value is -2.82. The molecule has 4 heteroatoms. The molecule has 0 radical (unpaired) electrons. The number of carbonyl (C=O) groups excluding carboxylic acids is 2. The molecule has 0 fully saturated rings. The molecule has 32 heavy (non-hydrogen) atoms. The van der Waals surface area contributed by atoms with E-state index in [9.17, 15) is 9.59 Å². The average molecular weight is 441 g/mol. The first-order valence-electron chi connectivity index (χ1n) is 11.9. The van der Waals surface area contributed by atoms with E-state index in [0.717, 1.165) is 12.8 Å². The highest BCUT2D eigenvalue weighted by molar-refractivity contribution is 5.91. The number of unbranched alkanes of at least 4 members (excludes halogenated alkanes) is 14. The van der Waals surface area contributed by atoms with Crippen LogP contribution in [0.1, 0.15) is 117 Å². The summed E-state index contributed by atoms with van der Waals surface area (Å²) in [6.45, 7) is 4.54. The average Bonchev–Trinajstić information content (AvgIpc) is 2.79. The molecule has 4 N–H and O–H groups in total. The van der Waals surface area contributed by atoms with Gasteiger partial charge in [-0.05, 0) is 36.5 Å². The number of hydrogen-bond acceptors (Lipinski definition) is 2. The Morgan fingerprint density at radius 3 is 1.06 bits per heavy atom. The van der Waals surface area contributed by atoms with Crippen molar-refractivity contribution in [1.82, 2.24) is 0 Å². The van der Waals surface area contributed by atoms with Crippen LogP contribution in [0.3, 0.4) is 0 Å². The molecule has 0 aliphatic rings. The van der Waals surface area contributed by atoms with Crippen molar-refractivity contribution in [3.8, 4) is 48.4 Å². The van der Waals surface area contributed by atoms with Crippen LogP contribution in [0.5, 0.6) is 0 Å². The van der Waals surface area contributed by atoms with Crippen molar-refractivity contribution in [3.63, 3.8) is 0 Å². The van der Waals surface area contributed by atoms with Crippen LogP contribution in [0.15, 0.2) is 0 Å². The molecular formula is C28H44N2O2. The molecule has 0 unspecified atom stereocenters. The summed E-state index contributed by atoms with van der Waals surface area (Å²) in [5.41, 5.74) is 8.83. The van der Waals surface area contributed by atoms with Gasteiger partial charge in [-0.1, -0.05) is 103 Å². The van der Waals surface area contributed by atoms with Gasteiger partial charge in [-0.25, -0.2) is 0 Å². The van der Waals surface area contributed by atoms with Gasteiger partial charge >= 0.3 is 0 Å². The molecule has 2 amide bonds. The van der Waals surface area contributed by atoms with Crippen LogP contribution >= 0.6 is 0 Å². The maximum Gasteiger partial charge on any atom is 0.293 e. The Bertz CT molecular complexity index is 587. The van der Waals surface area contributed by atoms with E-state index in [-0.39, 0.29) is 0 Å². The van der Waals surface area contributed by atoms with Crippen molar-refractivity contribution >= 4 is 11.8 Å². The lowest BCUT2D eigenvalue weighted by atomic mass is 10.1. The predicted molar refractivity (Wildman–Crippen MR) is 137 cm³/mol. The highest BCUT2D eigenvalue weighted by Gasteiger charge is 1.90. The van der Waals surface area contributed by atoms with Crippen molar-refractivity contribution in [1.29, 1.82) is 0 Å². The minimum absolute atomic E-state index is 0.718. The Morgan fingerprint density at radius 1 is 0.562 bits per heavy atom. The van der Waals surface area contributed by atoms with Crippen LogP contribution in [-0.2, 0) is 9.59 Å². The summed E-state index contributed by atoms with van der Waals surface area (Å²) in [4.78, 5) is 18.7. The first-order chi connectivity index (χ1) is 15.5. The van der Waals surface area contributed by atoms with Crippen LogP contribution in [0.2, 0.25) is 0 Å². The maximum absolute atomic E-state index is 9.35. The molecule has 0 heterocycles. The standard InChI is InChI=1S/C22H38.2C3H3NO/c1-3-5-7-9-11-13-15-17-19-21-22-20-18-16-14-12-10-8-6-4-2;2*1-2-3(4)5/h3-18H2,1-2H3;2*1H,(H2,4,5). The number of nitrogens with two attached hydrogens (primary N) is 2. The summed E-state index contributed by atoms with van der Waals surface area (Å²) in [6.07, 6.45) is 30.0. The highest BCUT2D eigenvalue weighted by atomic mass is 16.1. The van der Waals surface area contributed by atoms with E-state index in [2.05, 4.69) is 61.8 Å². The Kier molecular flexibility index (Phi) is 34.7. The van der Waals surface area contributed by atoms with Crippen molar-refractivity contribution in [2.24, 2.45) is 11.5 Å². The van der Waals surface area contributed by atoms with Gasteiger partial charge in [0.2, 0.25) is 0 Å². The predicted octanol–water partition coefficient (Wildman–Crippen LogP) is 5.48. The van der Waals surface area contributed by atoms with E-state index < -0.39 is 11.8 Å². The zero-order chi connectivity index (χ0) is 24.7. The van der Waals surface area contributed by atoms with Crippen molar-refractivity contribution in [3.05, 3.63) is 0 Å². The molecule has 0 saturated carbocycles. The molecule has 4 nitrogen and oxygen atoms in total. The van der Waals surface area contributed by atoms with E-state index >= 15 is 0 Å². The summed E-state index contributed by atoms with van der Waals surface area (Å²) < 4.78 is 0. The van der Waals surface area contributed by atoms with Crippen molar-refractivity contribution in [2.75, 3.05) is 0 Å². The minimum atomic E-state index is -0.718. The summed E-state index contributed by atoms with van der Waals surface area (Å²) >= 11 is 0. The second-order valence-electron chi connectivity index (χ2n) is 7.36. The van der Waals surface area contributed by atoms with Gasteiger partial charge in [0.25, 0.3) is 11.8 Å². The molecule has 0 spiro atoms. The third-order valence-corrected chi connectivity index (χ3v) is 4.33. The molecule has 0 aromatic rings. The lowest BCUT2D eigenvalue weighted by Gasteiger charge is -1.97. The highest BCUT2D eigenvalue weighted by Crippen LogP contribution is 2.08. The minimum Gasteiger partial charge on any atom is -0.359 e. The molecule has 0 aromatic heterocycles. The largest absolute Gasteiger partial charge is 0.359 e. The fraction of sp³-hybridized carbons (Fsp3) is 0.643. The third-order valence-electron chi connectivity index (χ3n) is 4.33. The molecule has 178 valence electrons. The number of carbonyl (C=O) groups is 2. The van der Waals surface area contributed by atoms with Gasteiger partial charge in [-0.2, -0.15) is 0 Å². The van der Waals surface area contributed by atoms with Gasteiger partial charge in [0.15, 0.2) is 0 Å². The monoisotopic (exact) mass is 440 g/mol. The number of amides is 2. The Morgan fingerprint density at radius 2 is 0.812 bits per heavy atom. The van der Waals surface area contributed by atoms with Gasteiger partial charge < -0.3 is 11.5 Å². The second-order valence-corrected chi connectivity index (χ2v) is 7.36. The van der Waals surface area contributed by atoms with Crippen molar-refractivity contribution < 1.29 is 9.59 Å². The summed E-state index contributed by atoms with van der Waals surface area (Å²) in [5, 5.41) is 0. The normalized spacial score (nSPS) is 8.38. The summed E-state index contributed by atoms with van der Waals surface area (Å²) in [6, 6.07) is 0. The molecule has 0 rings (SSSR count). The van der Waals surface area contributed by atoms with Crippen molar-refractivity contribution in [2.45, 2.75) is 117 Å². The topological polar surface area (TPSA) is 86.2 Å². The van der Waals surface area contributed by atoms with E-state index in [4.69, 9.17) is 0 Å². The molecule has 0 bridgehead atoms. The Balaban J connectivity index is -0.000000695. The number of rotatable bonds is 14. The number of primary amides is 2. The fourth-order valence-electron chi connectivity index (χ4n) is 2.55. The smallest absolute Gasteiger partial charge is 0.293 e. The quantitative estimate of drug-likeness (QED) is 0.277. The van der Waals surface area contributed by atoms with Crippen LogP contribution in [0, 0.1) is 48.4 Å². The van der Waals surface area contributed by atoms with Crippen LogP contribution in [0.25, 0.3) is 0 Å². The lowest BCUT2D eigenvalue weighted by Crippen LogP contribution is -2.05. The van der Waals surface area contributed by atoms with Crippen LogP contribution < -0.4 is 11.5 Å². The lowest BCUT2D eigenvalue weighted by molar-refractivity contribution is -0.113. The van der Waals surface area contributed by atoms with Gasteiger partial charge in [0.05, 0.1) is 0 Å². The number of terminal acetylenes is 2. The molecule has 0 aliphatic heterocycles. The van der Waals surface area contributed by atoms with E-state index in [1.807, 2.05) is 0 Å².